The minimum absolute atomic E-state index is 0.150. The fraction of sp³-hybridized carbons (Fsp3) is 0.591. The number of aliphatic carboxylic acids is 1. The van der Waals surface area contributed by atoms with E-state index >= 15 is 0 Å². The third kappa shape index (κ3) is 3.52. The Hall–Kier alpha value is -2.37. The number of carboxylic acids is 1. The van der Waals surface area contributed by atoms with E-state index in [0.717, 1.165) is 37.7 Å². The van der Waals surface area contributed by atoms with Crippen LogP contribution in [0.25, 0.3) is 0 Å². The number of hydrogen-bond acceptors (Lipinski definition) is 5. The summed E-state index contributed by atoms with van der Waals surface area (Å²) in [6.45, 7) is 4.22. The quantitative estimate of drug-likeness (QED) is 0.612. The standard InChI is InChI=1S/C22H28O6/c1-21-11-4-12-22(2,20(26)27-3)17(21)8-6-14-5-7-15(13-16(14)21)28-19(25)10-9-18(23)24/h5,7,13,17H,4,6,8-12H2,1-3H3,(H,23,24)/t17-,21-,22+/m1/s1. The molecule has 6 nitrogen and oxygen atoms in total. The Labute approximate surface area is 165 Å². The molecule has 1 aromatic rings. The van der Waals surface area contributed by atoms with Gasteiger partial charge in [0.1, 0.15) is 5.75 Å². The van der Waals surface area contributed by atoms with Crippen LogP contribution in [-0.4, -0.2) is 30.1 Å². The minimum Gasteiger partial charge on any atom is -0.481 e. The second-order valence-corrected chi connectivity index (χ2v) is 8.46. The summed E-state index contributed by atoms with van der Waals surface area (Å²) in [7, 11) is 1.45. The molecule has 6 heteroatoms. The Kier molecular flexibility index (Phi) is 5.50. The summed E-state index contributed by atoms with van der Waals surface area (Å²) in [4.78, 5) is 35.2. The van der Waals surface area contributed by atoms with Gasteiger partial charge in [0.05, 0.1) is 25.4 Å². The Bertz CT molecular complexity index is 800. The zero-order chi connectivity index (χ0) is 20.5. The number of esters is 2. The third-order valence-corrected chi connectivity index (χ3v) is 6.76. The molecule has 0 aromatic heterocycles. The SMILES string of the molecule is COC(=O)[C@@]1(C)CCC[C@]2(C)c3cc(OC(=O)CCC(=O)O)ccc3CC[C@@H]12. The molecule has 0 spiro atoms. The molecule has 2 aliphatic carbocycles. The first-order chi connectivity index (χ1) is 13.2. The molecule has 3 rings (SSSR count). The number of carbonyl (C=O) groups is 3. The van der Waals surface area contributed by atoms with Gasteiger partial charge in [-0.1, -0.05) is 19.4 Å². The van der Waals surface area contributed by atoms with Crippen molar-refractivity contribution in [3.8, 4) is 5.75 Å². The predicted octanol–water partition coefficient (Wildman–Crippen LogP) is 3.64. The lowest BCUT2D eigenvalue weighted by Gasteiger charge is -2.54. The molecule has 152 valence electrons. The number of carboxylic acid groups (broad SMARTS) is 1. The molecule has 1 saturated carbocycles. The van der Waals surface area contributed by atoms with Crippen molar-refractivity contribution in [2.24, 2.45) is 11.3 Å². The van der Waals surface area contributed by atoms with E-state index < -0.39 is 17.4 Å². The van der Waals surface area contributed by atoms with Crippen molar-refractivity contribution in [2.75, 3.05) is 7.11 Å². The van der Waals surface area contributed by atoms with Gasteiger partial charge in [-0.05, 0) is 67.2 Å². The highest BCUT2D eigenvalue weighted by molar-refractivity contribution is 5.78. The molecule has 3 atom stereocenters. The average molecular weight is 388 g/mol. The van der Waals surface area contributed by atoms with Crippen molar-refractivity contribution in [1.82, 2.24) is 0 Å². The zero-order valence-electron chi connectivity index (χ0n) is 16.7. The molecule has 0 bridgehead atoms. The summed E-state index contributed by atoms with van der Waals surface area (Å²) in [5.41, 5.74) is 1.63. The maximum Gasteiger partial charge on any atom is 0.311 e. The Balaban J connectivity index is 1.90. The largest absolute Gasteiger partial charge is 0.481 e. The summed E-state index contributed by atoms with van der Waals surface area (Å²) in [5.74, 6) is -1.14. The van der Waals surface area contributed by atoms with Crippen molar-refractivity contribution >= 4 is 17.9 Å². The molecule has 0 amide bonds. The highest BCUT2D eigenvalue weighted by atomic mass is 16.5. The van der Waals surface area contributed by atoms with Gasteiger partial charge in [-0.2, -0.15) is 0 Å². The maximum atomic E-state index is 12.6. The van der Waals surface area contributed by atoms with Crippen LogP contribution in [0.1, 0.15) is 63.5 Å². The molecule has 0 unspecified atom stereocenters. The molecule has 2 aliphatic rings. The van der Waals surface area contributed by atoms with E-state index in [-0.39, 0.29) is 30.1 Å². The second kappa shape index (κ2) is 7.57. The third-order valence-electron chi connectivity index (χ3n) is 6.76. The van der Waals surface area contributed by atoms with Crippen molar-refractivity contribution in [3.63, 3.8) is 0 Å². The van der Waals surface area contributed by atoms with Crippen molar-refractivity contribution in [1.29, 1.82) is 0 Å². The summed E-state index contributed by atoms with van der Waals surface area (Å²) in [6, 6.07) is 5.66. The molecular weight excluding hydrogens is 360 g/mol. The first-order valence-corrected chi connectivity index (χ1v) is 9.85. The second-order valence-electron chi connectivity index (χ2n) is 8.46. The van der Waals surface area contributed by atoms with E-state index in [9.17, 15) is 14.4 Å². The molecule has 1 aromatic carbocycles. The van der Waals surface area contributed by atoms with Crippen LogP contribution in [0.5, 0.6) is 5.75 Å². The lowest BCUT2D eigenvalue weighted by Crippen LogP contribution is -2.52. The van der Waals surface area contributed by atoms with Crippen LogP contribution in [-0.2, 0) is 31.0 Å². The van der Waals surface area contributed by atoms with Crippen LogP contribution in [0.15, 0.2) is 18.2 Å². The topological polar surface area (TPSA) is 89.9 Å². The lowest BCUT2D eigenvalue weighted by atomic mass is 9.50. The smallest absolute Gasteiger partial charge is 0.311 e. The highest BCUT2D eigenvalue weighted by Crippen LogP contribution is 2.57. The van der Waals surface area contributed by atoms with E-state index in [0.29, 0.717) is 5.75 Å². The molecule has 0 saturated heterocycles. The van der Waals surface area contributed by atoms with Crippen molar-refractivity contribution < 1.29 is 29.0 Å². The molecule has 1 fully saturated rings. The molecule has 0 aliphatic heterocycles. The van der Waals surface area contributed by atoms with Crippen LogP contribution in [0.4, 0.5) is 0 Å². The van der Waals surface area contributed by atoms with E-state index in [2.05, 4.69) is 6.92 Å². The maximum absolute atomic E-state index is 12.6. The molecule has 0 heterocycles. The summed E-state index contributed by atoms with van der Waals surface area (Å²) in [6.07, 6.45) is 4.10. The monoisotopic (exact) mass is 388 g/mol. The van der Waals surface area contributed by atoms with E-state index in [1.54, 1.807) is 6.07 Å². The number of methoxy groups -OCH3 is 1. The Morgan fingerprint density at radius 1 is 1.18 bits per heavy atom. The van der Waals surface area contributed by atoms with Gasteiger partial charge >= 0.3 is 17.9 Å². The first kappa shape index (κ1) is 20.4. The van der Waals surface area contributed by atoms with Crippen LogP contribution >= 0.6 is 0 Å². The van der Waals surface area contributed by atoms with Gasteiger partial charge in [0.2, 0.25) is 0 Å². The van der Waals surface area contributed by atoms with Crippen molar-refractivity contribution in [3.05, 3.63) is 29.3 Å². The molecule has 0 radical (unpaired) electrons. The fourth-order valence-electron chi connectivity index (χ4n) is 5.37. The number of aryl methyl sites for hydroxylation is 1. The number of carbonyl (C=O) groups excluding carboxylic acids is 2. The Morgan fingerprint density at radius 3 is 2.61 bits per heavy atom. The van der Waals surface area contributed by atoms with Crippen LogP contribution in [0.3, 0.4) is 0 Å². The van der Waals surface area contributed by atoms with Crippen LogP contribution in [0, 0.1) is 11.3 Å². The minimum atomic E-state index is -1.03. The molecular formula is C22H28O6. The van der Waals surface area contributed by atoms with Crippen LogP contribution < -0.4 is 4.74 Å². The van der Waals surface area contributed by atoms with E-state index in [1.807, 2.05) is 19.1 Å². The average Bonchev–Trinajstić information content (AvgIpc) is 2.66. The number of benzene rings is 1. The Morgan fingerprint density at radius 2 is 1.93 bits per heavy atom. The number of ether oxygens (including phenoxy) is 2. The number of rotatable bonds is 5. The van der Waals surface area contributed by atoms with E-state index in [1.165, 1.54) is 12.7 Å². The van der Waals surface area contributed by atoms with Gasteiger partial charge in [0.15, 0.2) is 0 Å². The molecule has 28 heavy (non-hydrogen) atoms. The normalized spacial score (nSPS) is 28.6. The van der Waals surface area contributed by atoms with Gasteiger partial charge < -0.3 is 14.6 Å². The molecule has 1 N–H and O–H groups in total. The van der Waals surface area contributed by atoms with Crippen LogP contribution in [0.2, 0.25) is 0 Å². The number of hydrogen-bond donors (Lipinski definition) is 1. The summed E-state index contributed by atoms with van der Waals surface area (Å²) >= 11 is 0. The van der Waals surface area contributed by atoms with Gasteiger partial charge in [-0.25, -0.2) is 0 Å². The highest BCUT2D eigenvalue weighted by Gasteiger charge is 2.55. The number of fused-ring (bicyclic) bond motifs is 3. The predicted molar refractivity (Wildman–Crippen MR) is 102 cm³/mol. The zero-order valence-corrected chi connectivity index (χ0v) is 16.7. The summed E-state index contributed by atoms with van der Waals surface area (Å²) in [5, 5.41) is 8.72. The van der Waals surface area contributed by atoms with Gasteiger partial charge in [-0.15, -0.1) is 0 Å². The first-order valence-electron chi connectivity index (χ1n) is 9.85. The van der Waals surface area contributed by atoms with Gasteiger partial charge in [0, 0.05) is 0 Å². The van der Waals surface area contributed by atoms with Gasteiger partial charge in [0.25, 0.3) is 0 Å². The fourth-order valence-corrected chi connectivity index (χ4v) is 5.37. The van der Waals surface area contributed by atoms with Gasteiger partial charge in [-0.3, -0.25) is 14.4 Å². The summed E-state index contributed by atoms with van der Waals surface area (Å²) < 4.78 is 10.5. The lowest BCUT2D eigenvalue weighted by molar-refractivity contribution is -0.161. The van der Waals surface area contributed by atoms with Crippen molar-refractivity contribution in [2.45, 2.75) is 64.2 Å². The van der Waals surface area contributed by atoms with E-state index in [4.69, 9.17) is 14.6 Å².